The Hall–Kier alpha value is -1.62. The molecule has 2 radical (unpaired) electrons. The highest BCUT2D eigenvalue weighted by Gasteiger charge is 2.67. The fraction of sp³-hybridized carbons (Fsp3) is 0.722. The van der Waals surface area contributed by atoms with E-state index in [0.717, 1.165) is 10.8 Å². The molecule has 234 valence electrons. The van der Waals surface area contributed by atoms with Crippen molar-refractivity contribution in [1.29, 1.82) is 0 Å². The number of azide groups is 1. The number of hydrogen-bond donors (Lipinski definition) is 3. The minimum Gasteiger partial charge on any atom is -0.352 e. The van der Waals surface area contributed by atoms with E-state index in [-0.39, 0.29) is 22.9 Å². The lowest BCUT2D eigenvalue weighted by molar-refractivity contribution is -0.117. The van der Waals surface area contributed by atoms with E-state index in [9.17, 15) is 46.6 Å². The van der Waals surface area contributed by atoms with Crippen molar-refractivity contribution in [3.8, 4) is 0 Å². The average molecular weight is 679 g/mol. The number of rotatable bonds is 13. The van der Waals surface area contributed by atoms with Gasteiger partial charge >= 0.3 is 26.3 Å². The topological polar surface area (TPSA) is 249 Å². The first-order chi connectivity index (χ1) is 19.0. The van der Waals surface area contributed by atoms with Crippen LogP contribution in [0.25, 0.3) is 10.4 Å². The summed E-state index contributed by atoms with van der Waals surface area (Å²) in [6.07, 6.45) is -1.54. The number of hydrogen-bond acceptors (Lipinski definition) is 12. The van der Waals surface area contributed by atoms with Gasteiger partial charge in [0.25, 0.3) is 13.0 Å². The van der Waals surface area contributed by atoms with Crippen LogP contribution in [0.3, 0.4) is 0 Å². The second-order valence-electron chi connectivity index (χ2n) is 9.80. The summed E-state index contributed by atoms with van der Waals surface area (Å²) in [5, 5.41) is -2.48. The smallest absolute Gasteiger partial charge is 0.352 e. The Bertz CT molecular complexity index is 1500. The van der Waals surface area contributed by atoms with Gasteiger partial charge in [-0.3, -0.25) is 32.8 Å². The highest BCUT2D eigenvalue weighted by Crippen LogP contribution is 2.79. The number of carbonyl (C=O) groups excluding carboxylic acids is 1. The number of ether oxygens (including phenoxy) is 1. The highest BCUT2D eigenvalue weighted by atomic mass is 32.2. The van der Waals surface area contributed by atoms with Crippen molar-refractivity contribution in [2.45, 2.75) is 57.9 Å². The maximum atomic E-state index is 14.6. The Kier molecular flexibility index (Phi) is 11.8. The summed E-state index contributed by atoms with van der Waals surface area (Å²) < 4.78 is 85.4. The van der Waals surface area contributed by atoms with Gasteiger partial charge in [-0.25, -0.2) is 9.11 Å². The standard InChI is InChI=1S/C18H27BF2N5O12P3S/c1-10-8-26(16(29)23-14(10)27)13-7-11(24-25-22)12(37-13)9-36-41(19,34)38-40(32,33)18(20,21)39(30,31)35-5-6-42-15(28)17(2,3)4/h8,11-13H,5-7,9H2,1-4H3,(H,30,31)(H,32,33)(H,23,27,29)/t11-,12+,13+,41?/m0/s1. The fourth-order valence-electron chi connectivity index (χ4n) is 3.18. The van der Waals surface area contributed by atoms with Crippen LogP contribution in [0.1, 0.15) is 39.0 Å². The molecule has 3 N–H and O–H groups in total. The largest absolute Gasteiger partial charge is 0.444 e. The molecule has 3 unspecified atom stereocenters. The third-order valence-corrected chi connectivity index (χ3v) is 12.3. The number of aromatic amines is 1. The molecule has 0 bridgehead atoms. The van der Waals surface area contributed by atoms with E-state index in [2.05, 4.69) is 23.4 Å². The third kappa shape index (κ3) is 8.96. The van der Waals surface area contributed by atoms with E-state index in [1.165, 1.54) is 6.92 Å². The number of alkyl halides is 2. The molecule has 24 heteroatoms. The second kappa shape index (κ2) is 13.6. The van der Waals surface area contributed by atoms with E-state index in [1.54, 1.807) is 20.8 Å². The molecule has 0 spiro atoms. The van der Waals surface area contributed by atoms with Crippen molar-refractivity contribution in [2.75, 3.05) is 19.0 Å². The van der Waals surface area contributed by atoms with Gasteiger partial charge in [0, 0.05) is 34.3 Å². The molecular formula is C18H27BF2N5O12P3S. The van der Waals surface area contributed by atoms with Crippen LogP contribution in [0.2, 0.25) is 0 Å². The number of nitrogens with zero attached hydrogens (tertiary/aromatic N) is 4. The molecule has 17 nitrogen and oxygen atoms in total. The first-order valence-corrected chi connectivity index (χ1v) is 17.4. The number of nitrogens with one attached hydrogen (secondary N) is 1. The Labute approximate surface area is 242 Å². The Morgan fingerprint density at radius 1 is 1.29 bits per heavy atom. The molecule has 1 fully saturated rings. The van der Waals surface area contributed by atoms with Crippen molar-refractivity contribution in [1.82, 2.24) is 9.55 Å². The summed E-state index contributed by atoms with van der Waals surface area (Å²) >= 11 is 0.610. The number of H-pyrrole nitrogens is 1. The quantitative estimate of drug-likeness (QED) is 0.0676. The molecular weight excluding hydrogens is 652 g/mol. The van der Waals surface area contributed by atoms with Gasteiger partial charge in [0.1, 0.15) is 6.23 Å². The minimum absolute atomic E-state index is 0.125. The summed E-state index contributed by atoms with van der Waals surface area (Å²) in [5.41, 5.74) is 6.60. The third-order valence-electron chi connectivity index (χ3n) is 5.38. The number of halogens is 2. The van der Waals surface area contributed by atoms with Crippen molar-refractivity contribution in [3.63, 3.8) is 0 Å². The number of aromatic nitrogens is 2. The van der Waals surface area contributed by atoms with Crippen molar-refractivity contribution >= 4 is 47.1 Å². The van der Waals surface area contributed by atoms with E-state index in [1.807, 2.05) is 4.98 Å². The molecule has 1 aliphatic heterocycles. The van der Waals surface area contributed by atoms with E-state index < -0.39 is 76.3 Å². The van der Waals surface area contributed by atoms with Crippen LogP contribution in [0.15, 0.2) is 20.9 Å². The summed E-state index contributed by atoms with van der Waals surface area (Å²) in [5.74, 6) is -0.356. The van der Waals surface area contributed by atoms with Crippen molar-refractivity contribution in [3.05, 3.63) is 43.0 Å². The molecule has 6 atom stereocenters. The number of thioether (sulfide) groups is 1. The lowest BCUT2D eigenvalue weighted by Crippen LogP contribution is -2.33. The van der Waals surface area contributed by atoms with Crippen molar-refractivity contribution in [2.24, 2.45) is 10.5 Å². The van der Waals surface area contributed by atoms with Crippen molar-refractivity contribution < 1.29 is 55.2 Å². The fourth-order valence-corrected chi connectivity index (χ4v) is 8.53. The second-order valence-corrected chi connectivity index (χ2v) is 16.7. The van der Waals surface area contributed by atoms with E-state index in [0.29, 0.717) is 11.8 Å². The minimum atomic E-state index is -6.66. The predicted molar refractivity (Wildman–Crippen MR) is 145 cm³/mol. The molecule has 1 saturated heterocycles. The van der Waals surface area contributed by atoms with Gasteiger partial charge < -0.3 is 23.6 Å². The predicted octanol–water partition coefficient (Wildman–Crippen LogP) is 3.36. The van der Waals surface area contributed by atoms with Gasteiger partial charge in [0.2, 0.25) is 7.57 Å². The summed E-state index contributed by atoms with van der Waals surface area (Å²) in [7, 11) is -13.2. The van der Waals surface area contributed by atoms with Crippen LogP contribution in [0.5, 0.6) is 0 Å². The zero-order valence-electron chi connectivity index (χ0n) is 22.5. The maximum absolute atomic E-state index is 14.6. The molecule has 1 aliphatic rings. The van der Waals surface area contributed by atoms with E-state index >= 15 is 0 Å². The van der Waals surface area contributed by atoms with Crippen LogP contribution < -0.4 is 11.2 Å². The zero-order valence-corrected chi connectivity index (χ0v) is 26.0. The van der Waals surface area contributed by atoms with Gasteiger partial charge in [0.15, 0.2) is 5.12 Å². The van der Waals surface area contributed by atoms with Crippen LogP contribution in [-0.2, 0) is 36.6 Å². The van der Waals surface area contributed by atoms with Gasteiger partial charge in [-0.05, 0) is 12.5 Å². The lowest BCUT2D eigenvalue weighted by Gasteiger charge is -2.28. The Morgan fingerprint density at radius 3 is 2.48 bits per heavy atom. The zero-order chi connectivity index (χ0) is 32.3. The molecule has 1 aromatic rings. The molecule has 0 saturated carbocycles. The summed E-state index contributed by atoms with van der Waals surface area (Å²) in [6, 6.07) is -1.13. The van der Waals surface area contributed by atoms with Crippen LogP contribution in [0.4, 0.5) is 8.78 Å². The Morgan fingerprint density at radius 2 is 1.90 bits per heavy atom. The van der Waals surface area contributed by atoms with Crippen LogP contribution >= 0.6 is 34.4 Å². The molecule has 42 heavy (non-hydrogen) atoms. The van der Waals surface area contributed by atoms with Crippen LogP contribution in [-0.4, -0.2) is 68.5 Å². The van der Waals surface area contributed by atoms with Gasteiger partial charge in [-0.15, -0.1) is 0 Å². The average Bonchev–Trinajstić information content (AvgIpc) is 3.24. The molecule has 2 heterocycles. The monoisotopic (exact) mass is 679 g/mol. The van der Waals surface area contributed by atoms with E-state index in [4.69, 9.17) is 17.8 Å². The van der Waals surface area contributed by atoms with Gasteiger partial charge in [0.05, 0.1) is 25.4 Å². The molecule has 0 amide bonds. The first-order valence-electron chi connectivity index (χ1n) is 11.7. The SMILES string of the molecule is [B]P(=O)(OC[C@H]1O[C@@H](n2cc(C)c(=O)[nH]c2=O)C[C@@H]1N=[N+]=[N-])OP(=O)(O)C(F)(F)P(=O)(O)OCCSC(=O)C(C)(C)C. The molecule has 1 aromatic heterocycles. The van der Waals surface area contributed by atoms with Gasteiger partial charge in [-0.2, -0.15) is 8.78 Å². The molecule has 0 aromatic carbocycles. The van der Waals surface area contributed by atoms with Crippen LogP contribution in [0, 0.1) is 12.3 Å². The summed E-state index contributed by atoms with van der Waals surface area (Å²) in [4.78, 5) is 59.7. The summed E-state index contributed by atoms with van der Waals surface area (Å²) in [6.45, 7) is 4.24. The highest BCUT2D eigenvalue weighted by molar-refractivity contribution is 8.13. The first kappa shape index (κ1) is 36.6. The number of aryl methyl sites for hydroxylation is 1. The normalized spacial score (nSPS) is 23.8. The Balaban J connectivity index is 2.09. The number of carbonyl (C=O) groups is 1. The molecule has 0 aliphatic carbocycles. The lowest BCUT2D eigenvalue weighted by atomic mass is 10.00. The molecule has 2 rings (SSSR count). The maximum Gasteiger partial charge on any atom is 0.444 e. The van der Waals surface area contributed by atoms with Gasteiger partial charge in [-0.1, -0.05) is 37.6 Å².